The Kier molecular flexibility index (Phi) is 5.35. The smallest absolute Gasteiger partial charge is 0.221 e. The van der Waals surface area contributed by atoms with Crippen LogP contribution in [-0.4, -0.2) is 17.1 Å². The van der Waals surface area contributed by atoms with Crippen molar-refractivity contribution in [3.63, 3.8) is 0 Å². The van der Waals surface area contributed by atoms with Crippen molar-refractivity contribution < 1.29 is 4.74 Å². The Morgan fingerprint density at radius 2 is 1.96 bits per heavy atom. The molecule has 0 saturated heterocycles. The van der Waals surface area contributed by atoms with E-state index in [9.17, 15) is 0 Å². The maximum Gasteiger partial charge on any atom is 0.221 e. The van der Waals surface area contributed by atoms with Gasteiger partial charge in [0, 0.05) is 11.1 Å². The van der Waals surface area contributed by atoms with Gasteiger partial charge in [0.25, 0.3) is 0 Å². The highest BCUT2D eigenvalue weighted by Gasteiger charge is 2.15. The molecule has 0 bridgehead atoms. The first-order chi connectivity index (χ1) is 11.0. The lowest BCUT2D eigenvalue weighted by atomic mass is 10.0. The van der Waals surface area contributed by atoms with E-state index in [0.717, 1.165) is 26.7 Å². The summed E-state index contributed by atoms with van der Waals surface area (Å²) in [6.45, 7) is 6.06. The monoisotopic (exact) mass is 328 g/mol. The number of hydrogen-bond acceptors (Lipinski definition) is 6. The standard InChI is InChI=1S/C17H20N4OS/c1-5-6-11-7-14(12(10(2)3)8-13(11)22-4)23-15-9-20-17(19)21-16(15)18/h7-10H,1-4H3,(H4,18,19,20,21). The van der Waals surface area contributed by atoms with Crippen LogP contribution in [0.3, 0.4) is 0 Å². The number of nitrogens with two attached hydrogens (primary N) is 2. The number of nitrogens with zero attached hydrogens (tertiary/aromatic N) is 2. The molecule has 1 aromatic carbocycles. The van der Waals surface area contributed by atoms with Crippen LogP contribution in [0.4, 0.5) is 11.8 Å². The molecule has 0 unspecified atom stereocenters. The predicted octanol–water partition coefficient (Wildman–Crippen LogP) is 3.30. The minimum Gasteiger partial charge on any atom is -0.495 e. The van der Waals surface area contributed by atoms with Crippen molar-refractivity contribution >= 4 is 23.5 Å². The van der Waals surface area contributed by atoms with E-state index in [0.29, 0.717) is 11.7 Å². The molecular weight excluding hydrogens is 308 g/mol. The molecule has 0 aliphatic heterocycles. The molecular formula is C17H20N4OS. The van der Waals surface area contributed by atoms with Crippen LogP contribution in [0.15, 0.2) is 28.1 Å². The Balaban J connectivity index is 2.54. The molecule has 2 aromatic rings. The van der Waals surface area contributed by atoms with Gasteiger partial charge >= 0.3 is 0 Å². The molecule has 1 heterocycles. The molecule has 6 heteroatoms. The SMILES string of the molecule is CC#Cc1cc(Sc2cnc(N)nc2N)c(C(C)C)cc1OC. The number of nitrogen functional groups attached to an aromatic ring is 2. The number of aromatic nitrogens is 2. The van der Waals surface area contributed by atoms with Gasteiger partial charge in [-0.25, -0.2) is 4.98 Å². The summed E-state index contributed by atoms with van der Waals surface area (Å²) in [5.41, 5.74) is 13.5. The van der Waals surface area contributed by atoms with Crippen molar-refractivity contribution in [3.05, 3.63) is 29.5 Å². The lowest BCUT2D eigenvalue weighted by molar-refractivity contribution is 0.412. The van der Waals surface area contributed by atoms with Crippen molar-refractivity contribution in [2.24, 2.45) is 0 Å². The fraction of sp³-hybridized carbons (Fsp3) is 0.294. The second-order valence-electron chi connectivity index (χ2n) is 5.20. The molecule has 5 nitrogen and oxygen atoms in total. The quantitative estimate of drug-likeness (QED) is 0.837. The molecule has 1 aromatic heterocycles. The van der Waals surface area contributed by atoms with Crippen LogP contribution >= 0.6 is 11.8 Å². The highest BCUT2D eigenvalue weighted by Crippen LogP contribution is 2.39. The summed E-state index contributed by atoms with van der Waals surface area (Å²) in [7, 11) is 1.65. The first kappa shape index (κ1) is 17.0. The summed E-state index contributed by atoms with van der Waals surface area (Å²) in [6.07, 6.45) is 1.64. The van der Waals surface area contributed by atoms with Crippen LogP contribution in [0.1, 0.15) is 37.8 Å². The highest BCUT2D eigenvalue weighted by atomic mass is 32.2. The van der Waals surface area contributed by atoms with Gasteiger partial charge in [-0.05, 0) is 30.5 Å². The number of benzene rings is 1. The number of anilines is 2. The van der Waals surface area contributed by atoms with Gasteiger partial charge in [-0.1, -0.05) is 31.5 Å². The van der Waals surface area contributed by atoms with Crippen molar-refractivity contribution in [2.45, 2.75) is 36.5 Å². The van der Waals surface area contributed by atoms with Crippen molar-refractivity contribution in [1.82, 2.24) is 9.97 Å². The summed E-state index contributed by atoms with van der Waals surface area (Å²) in [5.74, 6) is 7.62. The fourth-order valence-electron chi connectivity index (χ4n) is 2.11. The van der Waals surface area contributed by atoms with E-state index in [1.54, 1.807) is 20.2 Å². The Hall–Kier alpha value is -2.39. The summed E-state index contributed by atoms with van der Waals surface area (Å²) < 4.78 is 5.46. The minimum atomic E-state index is 0.170. The summed E-state index contributed by atoms with van der Waals surface area (Å²) in [4.78, 5) is 9.84. The van der Waals surface area contributed by atoms with Crippen LogP contribution in [-0.2, 0) is 0 Å². The van der Waals surface area contributed by atoms with Gasteiger partial charge in [0.1, 0.15) is 11.6 Å². The van der Waals surface area contributed by atoms with Gasteiger partial charge in [-0.15, -0.1) is 5.92 Å². The zero-order valence-electron chi connectivity index (χ0n) is 13.7. The van der Waals surface area contributed by atoms with Crippen molar-refractivity contribution in [2.75, 3.05) is 18.6 Å². The normalized spacial score (nSPS) is 10.3. The minimum absolute atomic E-state index is 0.170. The molecule has 0 aliphatic carbocycles. The van der Waals surface area contributed by atoms with Crippen LogP contribution in [0.25, 0.3) is 0 Å². The lowest BCUT2D eigenvalue weighted by Crippen LogP contribution is -2.01. The zero-order valence-corrected chi connectivity index (χ0v) is 14.5. The van der Waals surface area contributed by atoms with Gasteiger partial charge in [0.15, 0.2) is 0 Å². The summed E-state index contributed by atoms with van der Waals surface area (Å²) in [5, 5.41) is 0. The number of methoxy groups -OCH3 is 1. The van der Waals surface area contributed by atoms with E-state index in [-0.39, 0.29) is 5.95 Å². The van der Waals surface area contributed by atoms with E-state index in [2.05, 4.69) is 35.7 Å². The Morgan fingerprint density at radius 1 is 1.22 bits per heavy atom. The average molecular weight is 328 g/mol. The second kappa shape index (κ2) is 7.25. The van der Waals surface area contributed by atoms with E-state index in [1.165, 1.54) is 11.8 Å². The van der Waals surface area contributed by atoms with Gasteiger partial charge in [-0.2, -0.15) is 4.98 Å². The molecule has 120 valence electrons. The number of ether oxygens (including phenoxy) is 1. The topological polar surface area (TPSA) is 87.0 Å². The van der Waals surface area contributed by atoms with Gasteiger partial charge in [-0.3, -0.25) is 0 Å². The number of hydrogen-bond donors (Lipinski definition) is 2. The van der Waals surface area contributed by atoms with E-state index in [4.69, 9.17) is 16.2 Å². The number of rotatable bonds is 4. The second-order valence-corrected chi connectivity index (χ2v) is 6.28. The molecule has 0 fully saturated rings. The molecule has 0 saturated carbocycles. The Bertz CT molecular complexity index is 778. The predicted molar refractivity (Wildman–Crippen MR) is 94.6 cm³/mol. The Labute approximate surface area is 140 Å². The third-order valence-corrected chi connectivity index (χ3v) is 4.34. The maximum absolute atomic E-state index is 5.94. The molecule has 23 heavy (non-hydrogen) atoms. The summed E-state index contributed by atoms with van der Waals surface area (Å²) in [6, 6.07) is 4.05. The first-order valence-corrected chi connectivity index (χ1v) is 7.98. The summed E-state index contributed by atoms with van der Waals surface area (Å²) >= 11 is 1.51. The lowest BCUT2D eigenvalue weighted by Gasteiger charge is -2.16. The molecule has 4 N–H and O–H groups in total. The van der Waals surface area contributed by atoms with Gasteiger partial charge in [0.05, 0.1) is 17.6 Å². The molecule has 0 amide bonds. The maximum atomic E-state index is 5.94. The van der Waals surface area contributed by atoms with Crippen LogP contribution < -0.4 is 16.2 Å². The molecule has 0 radical (unpaired) electrons. The van der Waals surface area contributed by atoms with Crippen LogP contribution in [0, 0.1) is 11.8 Å². The zero-order chi connectivity index (χ0) is 17.0. The molecule has 0 spiro atoms. The largest absolute Gasteiger partial charge is 0.495 e. The highest BCUT2D eigenvalue weighted by molar-refractivity contribution is 7.99. The van der Waals surface area contributed by atoms with E-state index >= 15 is 0 Å². The van der Waals surface area contributed by atoms with Crippen LogP contribution in [0.2, 0.25) is 0 Å². The van der Waals surface area contributed by atoms with E-state index in [1.807, 2.05) is 12.1 Å². The van der Waals surface area contributed by atoms with Gasteiger partial charge < -0.3 is 16.2 Å². The Morgan fingerprint density at radius 3 is 2.52 bits per heavy atom. The van der Waals surface area contributed by atoms with Crippen molar-refractivity contribution in [1.29, 1.82) is 0 Å². The van der Waals surface area contributed by atoms with Gasteiger partial charge in [0.2, 0.25) is 5.95 Å². The third-order valence-electron chi connectivity index (χ3n) is 3.24. The fourth-order valence-corrected chi connectivity index (χ4v) is 3.19. The molecule has 2 rings (SSSR count). The average Bonchev–Trinajstić information content (AvgIpc) is 2.50. The molecule has 0 aliphatic rings. The molecule has 0 atom stereocenters. The first-order valence-electron chi connectivity index (χ1n) is 7.16. The third kappa shape index (κ3) is 3.88. The van der Waals surface area contributed by atoms with Crippen LogP contribution in [0.5, 0.6) is 5.75 Å². The van der Waals surface area contributed by atoms with Crippen molar-refractivity contribution in [3.8, 4) is 17.6 Å². The van der Waals surface area contributed by atoms with E-state index < -0.39 is 0 Å².